The Labute approximate surface area is 96.8 Å². The lowest BCUT2D eigenvalue weighted by Crippen LogP contribution is -2.19. The number of rotatable bonds is 3. The van der Waals surface area contributed by atoms with Crippen LogP contribution in [-0.4, -0.2) is 19.8 Å². The summed E-state index contributed by atoms with van der Waals surface area (Å²) in [5, 5.41) is 0. The summed E-state index contributed by atoms with van der Waals surface area (Å²) in [6.07, 6.45) is 3.68. The van der Waals surface area contributed by atoms with Crippen LogP contribution in [0.15, 0.2) is 24.3 Å². The smallest absolute Gasteiger partial charge is 0.0535 e. The molecule has 2 aliphatic rings. The number of nitrogens with two attached hydrogens (primary N) is 1. The number of hydrogen-bond acceptors (Lipinski definition) is 2. The Bertz CT molecular complexity index is 378. The summed E-state index contributed by atoms with van der Waals surface area (Å²) in [5.41, 5.74) is 9.08. The van der Waals surface area contributed by atoms with E-state index in [1.54, 1.807) is 0 Å². The molecule has 1 unspecified atom stereocenters. The first kappa shape index (κ1) is 10.3. The van der Waals surface area contributed by atoms with Gasteiger partial charge in [-0.2, -0.15) is 0 Å². The molecule has 16 heavy (non-hydrogen) atoms. The van der Waals surface area contributed by atoms with E-state index >= 15 is 0 Å². The Balaban J connectivity index is 1.87. The van der Waals surface area contributed by atoms with Gasteiger partial charge < -0.3 is 10.5 Å². The fraction of sp³-hybridized carbons (Fsp3) is 0.571. The highest BCUT2D eigenvalue weighted by atomic mass is 16.5. The van der Waals surface area contributed by atoms with E-state index in [4.69, 9.17) is 10.5 Å². The van der Waals surface area contributed by atoms with Crippen LogP contribution in [0.5, 0.6) is 0 Å². The summed E-state index contributed by atoms with van der Waals surface area (Å²) >= 11 is 0. The average Bonchev–Trinajstić information content (AvgIpc) is 2.95. The van der Waals surface area contributed by atoms with Gasteiger partial charge in [0.05, 0.1) is 6.61 Å². The van der Waals surface area contributed by atoms with Crippen molar-refractivity contribution in [3.63, 3.8) is 0 Å². The van der Waals surface area contributed by atoms with E-state index in [1.807, 2.05) is 0 Å². The van der Waals surface area contributed by atoms with Gasteiger partial charge in [0, 0.05) is 24.5 Å². The SMILES string of the molecule is NCC1(c2cccc(C3CCOC3)c2)CC1. The van der Waals surface area contributed by atoms with Gasteiger partial charge in [-0.1, -0.05) is 24.3 Å². The van der Waals surface area contributed by atoms with Crippen LogP contribution in [0.2, 0.25) is 0 Å². The van der Waals surface area contributed by atoms with Gasteiger partial charge in [-0.15, -0.1) is 0 Å². The third-order valence-corrected chi connectivity index (χ3v) is 4.14. The van der Waals surface area contributed by atoms with Crippen LogP contribution in [0.3, 0.4) is 0 Å². The minimum atomic E-state index is 0.315. The van der Waals surface area contributed by atoms with E-state index in [2.05, 4.69) is 24.3 Å². The third-order valence-electron chi connectivity index (χ3n) is 4.14. The first-order valence-corrected chi connectivity index (χ1v) is 6.22. The molecule has 1 aliphatic heterocycles. The van der Waals surface area contributed by atoms with Crippen molar-refractivity contribution in [1.82, 2.24) is 0 Å². The van der Waals surface area contributed by atoms with Crippen molar-refractivity contribution in [2.75, 3.05) is 19.8 Å². The highest BCUT2D eigenvalue weighted by molar-refractivity contribution is 5.36. The topological polar surface area (TPSA) is 35.2 Å². The molecule has 2 nitrogen and oxygen atoms in total. The molecule has 0 spiro atoms. The maximum atomic E-state index is 5.88. The molecule has 1 aromatic carbocycles. The van der Waals surface area contributed by atoms with Gasteiger partial charge in [0.25, 0.3) is 0 Å². The van der Waals surface area contributed by atoms with Crippen LogP contribution in [-0.2, 0) is 10.2 Å². The summed E-state index contributed by atoms with van der Waals surface area (Å²) < 4.78 is 5.45. The van der Waals surface area contributed by atoms with E-state index in [0.717, 1.165) is 19.8 Å². The minimum Gasteiger partial charge on any atom is -0.381 e. The Kier molecular flexibility index (Phi) is 2.49. The van der Waals surface area contributed by atoms with Crippen molar-refractivity contribution >= 4 is 0 Å². The number of ether oxygens (including phenoxy) is 1. The summed E-state index contributed by atoms with van der Waals surface area (Å²) in [4.78, 5) is 0. The zero-order valence-corrected chi connectivity index (χ0v) is 9.61. The monoisotopic (exact) mass is 217 g/mol. The minimum absolute atomic E-state index is 0.315. The zero-order valence-electron chi connectivity index (χ0n) is 9.61. The zero-order chi connectivity index (χ0) is 11.0. The normalized spacial score (nSPS) is 26.9. The van der Waals surface area contributed by atoms with Crippen LogP contribution in [0.4, 0.5) is 0 Å². The van der Waals surface area contributed by atoms with E-state index in [-0.39, 0.29) is 0 Å². The molecule has 2 N–H and O–H groups in total. The summed E-state index contributed by atoms with van der Waals surface area (Å²) in [5.74, 6) is 0.605. The maximum absolute atomic E-state index is 5.88. The van der Waals surface area contributed by atoms with Crippen LogP contribution >= 0.6 is 0 Å². The van der Waals surface area contributed by atoms with Crippen LogP contribution in [0, 0.1) is 0 Å². The van der Waals surface area contributed by atoms with Crippen molar-refractivity contribution < 1.29 is 4.74 Å². The largest absolute Gasteiger partial charge is 0.381 e. The predicted octanol–water partition coefficient (Wildman–Crippen LogP) is 2.18. The Morgan fingerprint density at radius 2 is 2.25 bits per heavy atom. The van der Waals surface area contributed by atoms with Crippen molar-refractivity contribution in [3.8, 4) is 0 Å². The fourth-order valence-electron chi connectivity index (χ4n) is 2.68. The van der Waals surface area contributed by atoms with Gasteiger partial charge in [-0.25, -0.2) is 0 Å². The standard InChI is InChI=1S/C14H19NO/c15-10-14(5-6-14)13-3-1-2-11(8-13)12-4-7-16-9-12/h1-3,8,12H,4-7,9-10,15H2. The van der Waals surface area contributed by atoms with E-state index in [9.17, 15) is 0 Å². The summed E-state index contributed by atoms with van der Waals surface area (Å²) in [6.45, 7) is 2.59. The van der Waals surface area contributed by atoms with Crippen molar-refractivity contribution in [3.05, 3.63) is 35.4 Å². The molecule has 1 aromatic rings. The Hall–Kier alpha value is -0.860. The van der Waals surface area contributed by atoms with Gasteiger partial charge in [0.15, 0.2) is 0 Å². The first-order chi connectivity index (χ1) is 7.84. The first-order valence-electron chi connectivity index (χ1n) is 6.22. The molecular weight excluding hydrogens is 198 g/mol. The molecule has 0 amide bonds. The van der Waals surface area contributed by atoms with Gasteiger partial charge in [0.1, 0.15) is 0 Å². The quantitative estimate of drug-likeness (QED) is 0.842. The van der Waals surface area contributed by atoms with Crippen molar-refractivity contribution in [2.24, 2.45) is 5.73 Å². The molecule has 0 radical (unpaired) electrons. The lowest BCUT2D eigenvalue weighted by molar-refractivity contribution is 0.194. The molecule has 1 saturated carbocycles. The lowest BCUT2D eigenvalue weighted by atomic mass is 9.90. The van der Waals surface area contributed by atoms with Gasteiger partial charge >= 0.3 is 0 Å². The highest BCUT2D eigenvalue weighted by Crippen LogP contribution is 2.47. The molecule has 1 aliphatic carbocycles. The Morgan fingerprint density at radius 3 is 2.88 bits per heavy atom. The molecule has 1 atom stereocenters. The summed E-state index contributed by atoms with van der Waals surface area (Å²) in [7, 11) is 0. The molecule has 0 bridgehead atoms. The summed E-state index contributed by atoms with van der Waals surface area (Å²) in [6, 6.07) is 9.01. The molecule has 3 rings (SSSR count). The Morgan fingerprint density at radius 1 is 1.38 bits per heavy atom. The van der Waals surface area contributed by atoms with Gasteiger partial charge in [-0.3, -0.25) is 0 Å². The second kappa shape index (κ2) is 3.86. The van der Waals surface area contributed by atoms with Gasteiger partial charge in [-0.05, 0) is 30.4 Å². The highest BCUT2D eigenvalue weighted by Gasteiger charge is 2.42. The number of hydrogen-bond donors (Lipinski definition) is 1. The van der Waals surface area contributed by atoms with E-state index in [0.29, 0.717) is 11.3 Å². The second-order valence-corrected chi connectivity index (χ2v) is 5.17. The van der Waals surface area contributed by atoms with Gasteiger partial charge in [0.2, 0.25) is 0 Å². The molecule has 86 valence electrons. The molecule has 1 saturated heterocycles. The lowest BCUT2D eigenvalue weighted by Gasteiger charge is -2.16. The van der Waals surface area contributed by atoms with Crippen LogP contribution in [0.1, 0.15) is 36.3 Å². The molecule has 2 heteroatoms. The fourth-order valence-corrected chi connectivity index (χ4v) is 2.68. The predicted molar refractivity (Wildman–Crippen MR) is 64.6 cm³/mol. The number of benzene rings is 1. The second-order valence-electron chi connectivity index (χ2n) is 5.17. The maximum Gasteiger partial charge on any atom is 0.0535 e. The van der Waals surface area contributed by atoms with Crippen molar-refractivity contribution in [1.29, 1.82) is 0 Å². The van der Waals surface area contributed by atoms with E-state index in [1.165, 1.54) is 30.4 Å². The van der Waals surface area contributed by atoms with Crippen molar-refractivity contribution in [2.45, 2.75) is 30.6 Å². The average molecular weight is 217 g/mol. The van der Waals surface area contributed by atoms with E-state index < -0.39 is 0 Å². The third kappa shape index (κ3) is 1.66. The van der Waals surface area contributed by atoms with Crippen LogP contribution in [0.25, 0.3) is 0 Å². The molecule has 2 fully saturated rings. The molecule has 1 heterocycles. The molecule has 0 aromatic heterocycles. The van der Waals surface area contributed by atoms with Crippen LogP contribution < -0.4 is 5.73 Å². The molecular formula is C14H19NO.